The van der Waals surface area contributed by atoms with Gasteiger partial charge in [-0.2, -0.15) is 0 Å². The van der Waals surface area contributed by atoms with Crippen LogP contribution >= 0.6 is 11.6 Å². The Morgan fingerprint density at radius 1 is 1.22 bits per heavy atom. The predicted molar refractivity (Wildman–Crippen MR) is 110 cm³/mol. The summed E-state index contributed by atoms with van der Waals surface area (Å²) in [4.78, 5) is 15.0. The highest BCUT2D eigenvalue weighted by molar-refractivity contribution is 7.92. The van der Waals surface area contributed by atoms with Crippen molar-refractivity contribution in [2.75, 3.05) is 22.0 Å². The molecule has 2 aromatic rings. The zero-order valence-electron chi connectivity index (χ0n) is 15.6. The SMILES string of the molecule is Cc1ccc(N([C@@H](C)C(=O)N2CCCc3ccccc32)S(C)(=O)=O)cc1Cl. The van der Waals surface area contributed by atoms with E-state index in [-0.39, 0.29) is 5.91 Å². The van der Waals surface area contributed by atoms with Crippen LogP contribution in [0.2, 0.25) is 5.02 Å². The molecule has 27 heavy (non-hydrogen) atoms. The molecule has 0 aliphatic carbocycles. The second-order valence-corrected chi connectivity index (χ2v) is 9.16. The van der Waals surface area contributed by atoms with Crippen molar-refractivity contribution in [3.63, 3.8) is 0 Å². The lowest BCUT2D eigenvalue weighted by Gasteiger charge is -2.35. The quantitative estimate of drug-likeness (QED) is 0.776. The van der Waals surface area contributed by atoms with Crippen LogP contribution < -0.4 is 9.21 Å². The van der Waals surface area contributed by atoms with E-state index in [2.05, 4.69) is 0 Å². The first-order chi connectivity index (χ1) is 12.7. The molecule has 2 aromatic carbocycles. The Hall–Kier alpha value is -2.05. The first kappa shape index (κ1) is 19.7. The van der Waals surface area contributed by atoms with Gasteiger partial charge < -0.3 is 4.90 Å². The van der Waals surface area contributed by atoms with Crippen molar-refractivity contribution < 1.29 is 13.2 Å². The minimum absolute atomic E-state index is 0.246. The summed E-state index contributed by atoms with van der Waals surface area (Å²) in [6.45, 7) is 4.04. The number of nitrogens with zero attached hydrogens (tertiary/aromatic N) is 2. The van der Waals surface area contributed by atoms with Gasteiger partial charge in [0.25, 0.3) is 5.91 Å². The van der Waals surface area contributed by atoms with Gasteiger partial charge >= 0.3 is 0 Å². The number of sulfonamides is 1. The maximum Gasteiger partial charge on any atom is 0.250 e. The van der Waals surface area contributed by atoms with E-state index in [1.54, 1.807) is 30.0 Å². The lowest BCUT2D eigenvalue weighted by atomic mass is 10.0. The number of amides is 1. The van der Waals surface area contributed by atoms with E-state index in [1.807, 2.05) is 31.2 Å². The van der Waals surface area contributed by atoms with E-state index in [1.165, 1.54) is 0 Å². The van der Waals surface area contributed by atoms with Gasteiger partial charge in [-0.05, 0) is 56.0 Å². The van der Waals surface area contributed by atoms with Gasteiger partial charge in [-0.15, -0.1) is 0 Å². The molecule has 0 radical (unpaired) electrons. The van der Waals surface area contributed by atoms with Crippen molar-refractivity contribution >= 4 is 38.9 Å². The van der Waals surface area contributed by atoms with Gasteiger partial charge in [0.2, 0.25) is 10.0 Å². The molecule has 7 heteroatoms. The number of rotatable bonds is 4. The molecule has 0 N–H and O–H groups in total. The third-order valence-corrected chi connectivity index (χ3v) is 6.50. The highest BCUT2D eigenvalue weighted by atomic mass is 35.5. The monoisotopic (exact) mass is 406 g/mol. The molecule has 5 nitrogen and oxygen atoms in total. The highest BCUT2D eigenvalue weighted by Gasteiger charge is 2.34. The Balaban J connectivity index is 1.99. The largest absolute Gasteiger partial charge is 0.310 e. The molecule has 1 atom stereocenters. The van der Waals surface area contributed by atoms with Crippen molar-refractivity contribution in [3.8, 4) is 0 Å². The normalized spacial score (nSPS) is 15.2. The first-order valence-electron chi connectivity index (χ1n) is 8.85. The van der Waals surface area contributed by atoms with Gasteiger partial charge in [-0.25, -0.2) is 8.42 Å². The van der Waals surface area contributed by atoms with Crippen LogP contribution in [0.1, 0.15) is 24.5 Å². The van der Waals surface area contributed by atoms with E-state index >= 15 is 0 Å². The lowest BCUT2D eigenvalue weighted by Crippen LogP contribution is -2.50. The smallest absolute Gasteiger partial charge is 0.250 e. The van der Waals surface area contributed by atoms with E-state index in [0.29, 0.717) is 17.3 Å². The standard InChI is InChI=1S/C20H23ClN2O3S/c1-14-10-11-17(13-18(14)21)23(27(3,25)26)15(2)20(24)22-12-6-8-16-7-4-5-9-19(16)22/h4-5,7,9-11,13,15H,6,8,12H2,1-3H3/t15-/m0/s1. The van der Waals surface area contributed by atoms with Crippen LogP contribution in [0, 0.1) is 6.92 Å². The fourth-order valence-corrected chi connectivity index (χ4v) is 4.85. The average Bonchev–Trinajstić information content (AvgIpc) is 2.62. The molecule has 0 aromatic heterocycles. The maximum atomic E-state index is 13.3. The second-order valence-electron chi connectivity index (χ2n) is 6.89. The summed E-state index contributed by atoms with van der Waals surface area (Å²) in [5.74, 6) is -0.246. The third-order valence-electron chi connectivity index (χ3n) is 4.85. The van der Waals surface area contributed by atoms with E-state index in [4.69, 9.17) is 11.6 Å². The molecular formula is C20H23ClN2O3S. The number of anilines is 2. The number of para-hydroxylation sites is 1. The minimum atomic E-state index is -3.68. The molecule has 0 fully saturated rings. The van der Waals surface area contributed by atoms with Gasteiger partial charge in [-0.1, -0.05) is 35.9 Å². The molecule has 1 aliphatic heterocycles. The van der Waals surface area contributed by atoms with E-state index in [0.717, 1.165) is 40.2 Å². The van der Waals surface area contributed by atoms with E-state index in [9.17, 15) is 13.2 Å². The van der Waals surface area contributed by atoms with Gasteiger partial charge in [0.15, 0.2) is 0 Å². The summed E-state index contributed by atoms with van der Waals surface area (Å²) in [5.41, 5.74) is 3.20. The number of hydrogen-bond donors (Lipinski definition) is 0. The van der Waals surface area contributed by atoms with Gasteiger partial charge in [0, 0.05) is 17.3 Å². The van der Waals surface area contributed by atoms with Crippen molar-refractivity contribution in [3.05, 3.63) is 58.6 Å². The molecule has 0 saturated heterocycles. The summed E-state index contributed by atoms with van der Waals surface area (Å²) < 4.78 is 26.2. The molecule has 0 unspecified atom stereocenters. The molecule has 144 valence electrons. The summed E-state index contributed by atoms with van der Waals surface area (Å²) >= 11 is 6.19. The van der Waals surface area contributed by atoms with Crippen LogP contribution in [0.4, 0.5) is 11.4 Å². The number of carbonyl (C=O) groups excluding carboxylic acids is 1. The van der Waals surface area contributed by atoms with Crippen LogP contribution in [-0.2, 0) is 21.2 Å². The Bertz CT molecular complexity index is 975. The number of halogens is 1. The predicted octanol–water partition coefficient (Wildman–Crippen LogP) is 3.78. The number of fused-ring (bicyclic) bond motifs is 1. The lowest BCUT2D eigenvalue weighted by molar-refractivity contribution is -0.119. The summed E-state index contributed by atoms with van der Waals surface area (Å²) in [7, 11) is -3.68. The molecule has 1 aliphatic rings. The van der Waals surface area contributed by atoms with Crippen LogP contribution in [0.25, 0.3) is 0 Å². The van der Waals surface area contributed by atoms with Crippen LogP contribution in [0.3, 0.4) is 0 Å². The van der Waals surface area contributed by atoms with Gasteiger partial charge in [0.1, 0.15) is 6.04 Å². The Kier molecular flexibility index (Phi) is 5.49. The van der Waals surface area contributed by atoms with Crippen LogP contribution in [0.5, 0.6) is 0 Å². The zero-order chi connectivity index (χ0) is 19.8. The highest BCUT2D eigenvalue weighted by Crippen LogP contribution is 2.30. The van der Waals surface area contributed by atoms with Gasteiger partial charge in [-0.3, -0.25) is 9.10 Å². The molecule has 1 heterocycles. The molecule has 3 rings (SSSR count). The molecule has 0 bridgehead atoms. The van der Waals surface area contributed by atoms with Crippen molar-refractivity contribution in [2.24, 2.45) is 0 Å². The van der Waals surface area contributed by atoms with Crippen molar-refractivity contribution in [1.82, 2.24) is 0 Å². The Morgan fingerprint density at radius 3 is 2.59 bits per heavy atom. The first-order valence-corrected chi connectivity index (χ1v) is 11.1. The Morgan fingerprint density at radius 2 is 1.93 bits per heavy atom. The average molecular weight is 407 g/mol. The number of hydrogen-bond acceptors (Lipinski definition) is 3. The van der Waals surface area contributed by atoms with Crippen molar-refractivity contribution in [2.45, 2.75) is 32.7 Å². The molecule has 1 amide bonds. The molecule has 0 saturated carbocycles. The number of benzene rings is 2. The summed E-state index contributed by atoms with van der Waals surface area (Å²) in [6.07, 6.45) is 2.87. The number of carbonyl (C=O) groups is 1. The Labute approximate surface area is 165 Å². The second kappa shape index (κ2) is 7.52. The zero-order valence-corrected chi connectivity index (χ0v) is 17.2. The third kappa shape index (κ3) is 3.96. The fourth-order valence-electron chi connectivity index (χ4n) is 3.51. The number of aryl methyl sites for hydroxylation is 2. The molecular weight excluding hydrogens is 384 g/mol. The molecule has 0 spiro atoms. The minimum Gasteiger partial charge on any atom is -0.310 e. The van der Waals surface area contributed by atoms with Crippen molar-refractivity contribution in [1.29, 1.82) is 0 Å². The summed E-state index contributed by atoms with van der Waals surface area (Å²) in [6, 6.07) is 11.9. The van der Waals surface area contributed by atoms with E-state index < -0.39 is 16.1 Å². The van der Waals surface area contributed by atoms with Crippen LogP contribution in [0.15, 0.2) is 42.5 Å². The van der Waals surface area contributed by atoms with Gasteiger partial charge in [0.05, 0.1) is 11.9 Å². The fraction of sp³-hybridized carbons (Fsp3) is 0.350. The summed E-state index contributed by atoms with van der Waals surface area (Å²) in [5, 5.41) is 0.462. The maximum absolute atomic E-state index is 13.3. The topological polar surface area (TPSA) is 57.7 Å². The van der Waals surface area contributed by atoms with Crippen LogP contribution in [-0.4, -0.2) is 33.2 Å².